The van der Waals surface area contributed by atoms with Crippen molar-refractivity contribution in [2.24, 2.45) is 22.2 Å². The molecule has 0 aromatic heterocycles. The highest BCUT2D eigenvalue weighted by Crippen LogP contribution is 2.10. The first-order valence-electron chi connectivity index (χ1n) is 10.8. The lowest BCUT2D eigenvalue weighted by atomic mass is 10.1. The molecule has 1 aromatic carbocycles. The monoisotopic (exact) mass is 495 g/mol. The Morgan fingerprint density at radius 3 is 2.23 bits per heavy atom. The first-order valence-corrected chi connectivity index (χ1v) is 10.8. The Hall–Kier alpha value is -3.91. The number of nitrogens with two attached hydrogens (primary N) is 3. The molecule has 0 saturated carbocycles. The molecular weight excluding hydrogens is 462 g/mol. The van der Waals surface area contributed by atoms with Gasteiger partial charge in [-0.05, 0) is 43.9 Å². The maximum atomic E-state index is 12.6. The molecule has 35 heavy (non-hydrogen) atoms. The van der Waals surface area contributed by atoms with Crippen LogP contribution < -0.4 is 33.2 Å². The number of aliphatic hydroxyl groups is 1. The minimum atomic E-state index is -1.59. The van der Waals surface area contributed by atoms with E-state index in [9.17, 15) is 29.4 Å². The van der Waals surface area contributed by atoms with Gasteiger partial charge in [0.15, 0.2) is 12.0 Å². The number of phenols is 1. The number of aliphatic carboxylic acids is 1. The summed E-state index contributed by atoms with van der Waals surface area (Å²) in [5.74, 6) is -3.70. The van der Waals surface area contributed by atoms with Gasteiger partial charge in [-0.1, -0.05) is 12.1 Å². The molecule has 1 aromatic rings. The van der Waals surface area contributed by atoms with Crippen LogP contribution >= 0.6 is 0 Å². The highest BCUT2D eigenvalue weighted by molar-refractivity contribution is 5.92. The number of benzene rings is 1. The van der Waals surface area contributed by atoms with Crippen LogP contribution in [-0.4, -0.2) is 82.3 Å². The van der Waals surface area contributed by atoms with Crippen LogP contribution in [0.4, 0.5) is 0 Å². The molecule has 14 heteroatoms. The fourth-order valence-corrected chi connectivity index (χ4v) is 2.94. The summed E-state index contributed by atoms with van der Waals surface area (Å²) in [6.07, 6.45) is -0.898. The van der Waals surface area contributed by atoms with E-state index in [0.29, 0.717) is 5.56 Å². The van der Waals surface area contributed by atoms with Crippen molar-refractivity contribution in [3.8, 4) is 5.75 Å². The second-order valence-electron chi connectivity index (χ2n) is 7.83. The Morgan fingerprint density at radius 1 is 1.06 bits per heavy atom. The molecule has 0 radical (unpaired) electrons. The number of carbonyl (C=O) groups is 4. The molecule has 4 atom stereocenters. The molecular formula is C21H33N7O7. The van der Waals surface area contributed by atoms with E-state index in [1.165, 1.54) is 19.1 Å². The van der Waals surface area contributed by atoms with Crippen molar-refractivity contribution in [1.29, 1.82) is 0 Å². The molecule has 0 aliphatic carbocycles. The number of hydrogen-bond donors (Lipinski definition) is 9. The second-order valence-corrected chi connectivity index (χ2v) is 7.83. The van der Waals surface area contributed by atoms with Gasteiger partial charge in [-0.3, -0.25) is 19.4 Å². The van der Waals surface area contributed by atoms with Crippen LogP contribution in [0.2, 0.25) is 0 Å². The summed E-state index contributed by atoms with van der Waals surface area (Å²) in [5.41, 5.74) is 17.1. The standard InChI is InChI=1S/C21H33N7O7/c1-11(29)17(20(34)35)28-19(33)15(3-2-8-25-21(23)24)27-16(31)10-26-18(32)14(22)9-12-4-6-13(30)7-5-12/h4-7,11,14-15,17,29-30H,2-3,8-10,22H2,1H3,(H,26,32)(H,27,31)(H,28,33)(H,34,35)(H4,23,24,25). The molecule has 1 rings (SSSR count). The molecule has 0 fully saturated rings. The van der Waals surface area contributed by atoms with Gasteiger partial charge in [0.25, 0.3) is 0 Å². The van der Waals surface area contributed by atoms with E-state index in [1.807, 2.05) is 0 Å². The fraction of sp³-hybridized carbons (Fsp3) is 0.476. The molecule has 0 spiro atoms. The summed E-state index contributed by atoms with van der Waals surface area (Å²) in [4.78, 5) is 52.2. The van der Waals surface area contributed by atoms with Crippen molar-refractivity contribution in [1.82, 2.24) is 16.0 Å². The Kier molecular flexibility index (Phi) is 12.0. The number of aliphatic imine (C=N–C) groups is 1. The topological polar surface area (TPSA) is 255 Å². The molecule has 3 amide bonds. The van der Waals surface area contributed by atoms with Crippen LogP contribution in [0.3, 0.4) is 0 Å². The number of nitrogens with zero attached hydrogens (tertiary/aromatic N) is 1. The third-order valence-corrected chi connectivity index (χ3v) is 4.80. The van der Waals surface area contributed by atoms with Gasteiger partial charge < -0.3 is 48.5 Å². The van der Waals surface area contributed by atoms with E-state index in [-0.39, 0.29) is 37.5 Å². The van der Waals surface area contributed by atoms with Crippen LogP contribution in [-0.2, 0) is 25.6 Å². The van der Waals surface area contributed by atoms with Crippen LogP contribution in [0.1, 0.15) is 25.3 Å². The van der Waals surface area contributed by atoms with Gasteiger partial charge in [0.2, 0.25) is 17.7 Å². The van der Waals surface area contributed by atoms with Gasteiger partial charge in [-0.25, -0.2) is 4.79 Å². The number of carbonyl (C=O) groups excluding carboxylic acids is 3. The Morgan fingerprint density at radius 2 is 1.69 bits per heavy atom. The molecule has 194 valence electrons. The zero-order valence-electron chi connectivity index (χ0n) is 19.3. The van der Waals surface area contributed by atoms with Gasteiger partial charge >= 0.3 is 5.97 Å². The smallest absolute Gasteiger partial charge is 0.328 e. The molecule has 0 aliphatic heterocycles. The lowest BCUT2D eigenvalue weighted by Crippen LogP contribution is -2.56. The van der Waals surface area contributed by atoms with Crippen LogP contribution in [0.5, 0.6) is 5.75 Å². The number of aliphatic hydroxyl groups excluding tert-OH is 1. The number of nitrogens with one attached hydrogen (secondary N) is 3. The van der Waals surface area contributed by atoms with E-state index in [1.54, 1.807) is 12.1 Å². The second kappa shape index (κ2) is 14.4. The largest absolute Gasteiger partial charge is 0.508 e. The van der Waals surface area contributed by atoms with Gasteiger partial charge in [-0.15, -0.1) is 0 Å². The Balaban J connectivity index is 2.70. The number of hydrogen-bond acceptors (Lipinski definition) is 8. The van der Waals surface area contributed by atoms with Gasteiger partial charge in [0.1, 0.15) is 11.8 Å². The molecule has 0 saturated heterocycles. The first kappa shape index (κ1) is 29.1. The van der Waals surface area contributed by atoms with Crippen molar-refractivity contribution in [3.05, 3.63) is 29.8 Å². The molecule has 0 bridgehead atoms. The van der Waals surface area contributed by atoms with Crippen LogP contribution in [0.25, 0.3) is 0 Å². The highest BCUT2D eigenvalue weighted by Gasteiger charge is 2.29. The minimum absolute atomic E-state index is 0.0504. The third-order valence-electron chi connectivity index (χ3n) is 4.80. The Bertz CT molecular complexity index is 902. The first-order chi connectivity index (χ1) is 16.4. The van der Waals surface area contributed by atoms with E-state index in [0.717, 1.165) is 0 Å². The average Bonchev–Trinajstić information content (AvgIpc) is 2.78. The summed E-state index contributed by atoms with van der Waals surface area (Å²) in [7, 11) is 0. The predicted molar refractivity (Wildman–Crippen MR) is 126 cm³/mol. The van der Waals surface area contributed by atoms with E-state index in [2.05, 4.69) is 20.9 Å². The highest BCUT2D eigenvalue weighted by atomic mass is 16.4. The number of carboxylic acid groups (broad SMARTS) is 1. The van der Waals surface area contributed by atoms with Crippen molar-refractivity contribution in [2.45, 2.75) is 50.4 Å². The molecule has 0 heterocycles. The van der Waals surface area contributed by atoms with Crippen LogP contribution in [0, 0.1) is 0 Å². The molecule has 0 aliphatic rings. The van der Waals surface area contributed by atoms with Crippen molar-refractivity contribution >= 4 is 29.7 Å². The zero-order valence-corrected chi connectivity index (χ0v) is 19.3. The number of amides is 3. The summed E-state index contributed by atoms with van der Waals surface area (Å²) >= 11 is 0. The van der Waals surface area contributed by atoms with E-state index >= 15 is 0 Å². The summed E-state index contributed by atoms with van der Waals surface area (Å²) in [6.45, 7) is 0.866. The zero-order chi connectivity index (χ0) is 26.5. The minimum Gasteiger partial charge on any atom is -0.508 e. The molecule has 12 N–H and O–H groups in total. The molecule has 14 nitrogen and oxygen atoms in total. The summed E-state index contributed by atoms with van der Waals surface area (Å²) < 4.78 is 0. The van der Waals surface area contributed by atoms with Crippen LogP contribution in [0.15, 0.2) is 29.3 Å². The predicted octanol–water partition coefficient (Wildman–Crippen LogP) is -3.13. The maximum absolute atomic E-state index is 12.6. The van der Waals surface area contributed by atoms with Crippen molar-refractivity contribution in [3.63, 3.8) is 0 Å². The number of phenolic OH excluding ortho intramolecular Hbond substituents is 1. The lowest BCUT2D eigenvalue weighted by Gasteiger charge is -2.23. The normalized spacial score (nSPS) is 14.0. The van der Waals surface area contributed by atoms with Gasteiger partial charge in [-0.2, -0.15) is 0 Å². The van der Waals surface area contributed by atoms with Gasteiger partial charge in [0.05, 0.1) is 18.7 Å². The number of guanidine groups is 1. The van der Waals surface area contributed by atoms with Crippen molar-refractivity contribution in [2.75, 3.05) is 13.1 Å². The summed E-state index contributed by atoms with van der Waals surface area (Å²) in [6, 6.07) is 2.40. The maximum Gasteiger partial charge on any atom is 0.328 e. The fourth-order valence-electron chi connectivity index (χ4n) is 2.94. The SMILES string of the molecule is CC(O)C(NC(=O)C(CCCN=C(N)N)NC(=O)CNC(=O)C(N)Cc1ccc(O)cc1)C(=O)O. The van der Waals surface area contributed by atoms with Crippen molar-refractivity contribution < 1.29 is 34.5 Å². The average molecular weight is 496 g/mol. The van der Waals surface area contributed by atoms with E-state index in [4.69, 9.17) is 22.3 Å². The van der Waals surface area contributed by atoms with Gasteiger partial charge in [0, 0.05) is 6.54 Å². The number of carboxylic acids is 1. The summed E-state index contributed by atoms with van der Waals surface area (Å²) in [5, 5.41) is 35.0. The quantitative estimate of drug-likeness (QED) is 0.0712. The third kappa shape index (κ3) is 11.2. The Labute approximate surface area is 201 Å². The molecule has 4 unspecified atom stereocenters. The van der Waals surface area contributed by atoms with E-state index < -0.39 is 54.5 Å². The number of aromatic hydroxyl groups is 1. The lowest BCUT2D eigenvalue weighted by molar-refractivity contribution is -0.145. The number of rotatable bonds is 14.